The van der Waals surface area contributed by atoms with Gasteiger partial charge in [0.15, 0.2) is 11.7 Å². The van der Waals surface area contributed by atoms with Crippen molar-refractivity contribution in [1.82, 2.24) is 5.32 Å². The van der Waals surface area contributed by atoms with Crippen LogP contribution in [0.15, 0.2) is 24.3 Å². The summed E-state index contributed by atoms with van der Waals surface area (Å²) in [6, 6.07) is 6.73. The molecule has 25 heavy (non-hydrogen) atoms. The highest BCUT2D eigenvalue weighted by Crippen LogP contribution is 2.29. The van der Waals surface area contributed by atoms with Crippen molar-refractivity contribution in [3.63, 3.8) is 0 Å². The molecular weight excluding hydrogens is 342 g/mol. The highest BCUT2D eigenvalue weighted by atomic mass is 35.5. The lowest BCUT2D eigenvalue weighted by atomic mass is 9.82. The summed E-state index contributed by atoms with van der Waals surface area (Å²) in [6.07, 6.45) is 3.87. The fourth-order valence-electron chi connectivity index (χ4n) is 2.97. The molecule has 4 N–H and O–H groups in total. The molecule has 7 heteroatoms. The summed E-state index contributed by atoms with van der Waals surface area (Å²) in [7, 11) is 0. The molecule has 0 spiro atoms. The summed E-state index contributed by atoms with van der Waals surface area (Å²) in [6.45, 7) is 2.50. The van der Waals surface area contributed by atoms with Gasteiger partial charge in [0.1, 0.15) is 5.75 Å². The van der Waals surface area contributed by atoms with Gasteiger partial charge in [0.2, 0.25) is 0 Å². The van der Waals surface area contributed by atoms with Gasteiger partial charge >= 0.3 is 5.97 Å². The number of carbonyl (C=O) groups excluding carboxylic acids is 2. The van der Waals surface area contributed by atoms with E-state index in [0.29, 0.717) is 30.2 Å². The van der Waals surface area contributed by atoms with Gasteiger partial charge < -0.3 is 15.8 Å². The second-order valence-corrected chi connectivity index (χ2v) is 6.23. The van der Waals surface area contributed by atoms with Crippen molar-refractivity contribution in [2.45, 2.75) is 39.0 Å². The first-order valence-electron chi connectivity index (χ1n) is 8.42. The predicted molar refractivity (Wildman–Crippen MR) is 99.3 cm³/mol. The van der Waals surface area contributed by atoms with E-state index in [1.807, 2.05) is 6.92 Å². The third-order valence-corrected chi connectivity index (χ3v) is 4.48. The van der Waals surface area contributed by atoms with Gasteiger partial charge in [0.05, 0.1) is 5.92 Å². The average Bonchev–Trinajstić information content (AvgIpc) is 2.60. The van der Waals surface area contributed by atoms with Crippen molar-refractivity contribution in [2.75, 3.05) is 6.54 Å². The molecule has 1 aliphatic carbocycles. The lowest BCUT2D eigenvalue weighted by Crippen LogP contribution is -2.36. The number of Topliss-reactive ketones (excluding diaryl/α,β-unsaturated/α-hetero) is 1. The molecule has 6 nitrogen and oxygen atoms in total. The van der Waals surface area contributed by atoms with E-state index in [1.165, 1.54) is 0 Å². The van der Waals surface area contributed by atoms with Crippen molar-refractivity contribution in [1.29, 1.82) is 5.41 Å². The molecule has 1 aliphatic rings. The molecule has 0 saturated heterocycles. The monoisotopic (exact) mass is 367 g/mol. The van der Waals surface area contributed by atoms with Crippen molar-refractivity contribution < 1.29 is 14.3 Å². The Kier molecular flexibility index (Phi) is 8.41. The van der Waals surface area contributed by atoms with Crippen LogP contribution in [0.1, 0.15) is 49.4 Å². The van der Waals surface area contributed by atoms with Gasteiger partial charge in [0.25, 0.3) is 0 Å². The van der Waals surface area contributed by atoms with Crippen LogP contribution < -0.4 is 15.8 Å². The summed E-state index contributed by atoms with van der Waals surface area (Å²) in [5.74, 6) is 0.690. The first kappa shape index (κ1) is 21.0. The topological polar surface area (TPSA) is 105 Å². The van der Waals surface area contributed by atoms with Crippen molar-refractivity contribution in [2.24, 2.45) is 17.6 Å². The molecule has 2 rings (SSSR count). The first-order valence-corrected chi connectivity index (χ1v) is 8.42. The van der Waals surface area contributed by atoms with Crippen molar-refractivity contribution in [3.8, 4) is 5.75 Å². The predicted octanol–water partition coefficient (Wildman–Crippen LogP) is 2.90. The Balaban J connectivity index is 0.00000312. The van der Waals surface area contributed by atoms with Crippen LogP contribution in [0, 0.1) is 17.2 Å². The minimum absolute atomic E-state index is 0. The van der Waals surface area contributed by atoms with Crippen LogP contribution in [0.3, 0.4) is 0 Å². The van der Waals surface area contributed by atoms with Gasteiger partial charge in [-0.05, 0) is 55.9 Å². The first-order chi connectivity index (χ1) is 11.5. The number of rotatable bonds is 6. The summed E-state index contributed by atoms with van der Waals surface area (Å²) < 4.78 is 5.44. The van der Waals surface area contributed by atoms with Gasteiger partial charge in [-0.15, -0.1) is 12.4 Å². The molecule has 1 fully saturated rings. The Labute approximate surface area is 154 Å². The smallest absolute Gasteiger partial charge is 0.314 e. The van der Waals surface area contributed by atoms with Crippen molar-refractivity contribution >= 4 is 30.1 Å². The third kappa shape index (κ3) is 6.38. The lowest BCUT2D eigenvalue weighted by Gasteiger charge is -2.27. The van der Waals surface area contributed by atoms with E-state index < -0.39 is 0 Å². The molecule has 0 unspecified atom stereocenters. The Hall–Kier alpha value is -2.08. The average molecular weight is 368 g/mol. The van der Waals surface area contributed by atoms with Crippen LogP contribution in [0.25, 0.3) is 0 Å². The summed E-state index contributed by atoms with van der Waals surface area (Å²) in [4.78, 5) is 23.8. The number of nitrogens with two attached hydrogens (primary N) is 1. The second-order valence-electron chi connectivity index (χ2n) is 6.23. The number of guanidine groups is 1. The Morgan fingerprint density at radius 2 is 1.80 bits per heavy atom. The van der Waals surface area contributed by atoms with E-state index in [4.69, 9.17) is 15.9 Å². The van der Waals surface area contributed by atoms with E-state index in [1.54, 1.807) is 24.3 Å². The molecule has 1 aromatic carbocycles. The number of halogens is 1. The molecule has 1 saturated carbocycles. The van der Waals surface area contributed by atoms with Crippen molar-refractivity contribution in [3.05, 3.63) is 29.8 Å². The summed E-state index contributed by atoms with van der Waals surface area (Å²) in [5, 5.41) is 10.0. The minimum Gasteiger partial charge on any atom is -0.426 e. The van der Waals surface area contributed by atoms with Crippen LogP contribution in [-0.2, 0) is 4.79 Å². The van der Waals surface area contributed by atoms with E-state index in [0.717, 1.165) is 25.7 Å². The molecule has 0 amide bonds. The fraction of sp³-hybridized carbons (Fsp3) is 0.500. The van der Waals surface area contributed by atoms with E-state index >= 15 is 0 Å². The largest absolute Gasteiger partial charge is 0.426 e. The van der Waals surface area contributed by atoms with Gasteiger partial charge in [0, 0.05) is 18.5 Å². The standard InChI is InChI=1S/C18H25N3O3.ClH/c1-2-16(22)13-7-9-15(10-8-13)24-17(23)14-5-3-12(4-6-14)11-21-18(19)20;/h7-10,12,14H,2-6,11H2,1H3,(H4,19,20,21);1H/t12-,14-;. The summed E-state index contributed by atoms with van der Waals surface area (Å²) in [5.41, 5.74) is 5.92. The fourth-order valence-corrected chi connectivity index (χ4v) is 2.97. The SMILES string of the molecule is CCC(=O)c1ccc(OC(=O)[C@H]2CC[C@H](CNC(=N)N)CC2)cc1.Cl. The minimum atomic E-state index is -0.206. The zero-order valence-electron chi connectivity index (χ0n) is 14.4. The van der Waals surface area contributed by atoms with Gasteiger partial charge in [-0.3, -0.25) is 15.0 Å². The van der Waals surface area contributed by atoms with Gasteiger partial charge in [-0.1, -0.05) is 6.92 Å². The molecule has 138 valence electrons. The number of ketones is 1. The zero-order valence-corrected chi connectivity index (χ0v) is 15.2. The molecule has 0 heterocycles. The maximum absolute atomic E-state index is 12.3. The quantitative estimate of drug-likeness (QED) is 0.236. The highest BCUT2D eigenvalue weighted by Gasteiger charge is 2.27. The van der Waals surface area contributed by atoms with Crippen LogP contribution in [0.5, 0.6) is 5.75 Å². The number of esters is 1. The Morgan fingerprint density at radius 1 is 1.20 bits per heavy atom. The van der Waals surface area contributed by atoms with Crippen LogP contribution >= 0.6 is 12.4 Å². The van der Waals surface area contributed by atoms with Crippen LogP contribution in [-0.4, -0.2) is 24.3 Å². The number of hydrogen-bond donors (Lipinski definition) is 3. The Morgan fingerprint density at radius 3 is 2.32 bits per heavy atom. The molecule has 0 radical (unpaired) electrons. The van der Waals surface area contributed by atoms with Crippen LogP contribution in [0.4, 0.5) is 0 Å². The number of nitrogens with one attached hydrogen (secondary N) is 2. The van der Waals surface area contributed by atoms with E-state index in [9.17, 15) is 9.59 Å². The number of carbonyl (C=O) groups is 2. The second kappa shape index (κ2) is 10.0. The molecular formula is C18H26ClN3O3. The molecule has 0 aliphatic heterocycles. The third-order valence-electron chi connectivity index (χ3n) is 4.48. The van der Waals surface area contributed by atoms with Gasteiger partial charge in [-0.25, -0.2) is 0 Å². The van der Waals surface area contributed by atoms with Crippen LogP contribution in [0.2, 0.25) is 0 Å². The summed E-state index contributed by atoms with van der Waals surface area (Å²) >= 11 is 0. The molecule has 1 aromatic rings. The normalized spacial score (nSPS) is 19.4. The lowest BCUT2D eigenvalue weighted by molar-refractivity contribution is -0.140. The zero-order chi connectivity index (χ0) is 17.5. The Bertz CT molecular complexity index is 596. The maximum atomic E-state index is 12.3. The maximum Gasteiger partial charge on any atom is 0.314 e. The highest BCUT2D eigenvalue weighted by molar-refractivity contribution is 5.96. The van der Waals surface area contributed by atoms with E-state index in [-0.39, 0.29) is 36.0 Å². The van der Waals surface area contributed by atoms with E-state index in [2.05, 4.69) is 5.32 Å². The number of benzene rings is 1. The molecule has 0 atom stereocenters. The molecule has 0 bridgehead atoms. The number of hydrogen-bond acceptors (Lipinski definition) is 4. The molecule has 0 aromatic heterocycles. The van der Waals surface area contributed by atoms with Gasteiger partial charge in [-0.2, -0.15) is 0 Å². The number of ether oxygens (including phenoxy) is 1.